The third-order valence-electron chi connectivity index (χ3n) is 3.07. The lowest BCUT2D eigenvalue weighted by Gasteiger charge is -2.13. The molecule has 4 nitrogen and oxygen atoms in total. The van der Waals surface area contributed by atoms with Gasteiger partial charge in [-0.2, -0.15) is 0 Å². The molecule has 0 aliphatic carbocycles. The number of ether oxygens (including phenoxy) is 1. The van der Waals surface area contributed by atoms with Crippen molar-refractivity contribution >= 4 is 16.9 Å². The molecule has 1 aromatic heterocycles. The topological polar surface area (TPSA) is 56.5 Å². The summed E-state index contributed by atoms with van der Waals surface area (Å²) in [5.41, 5.74) is 2.45. The number of esters is 1. The molecule has 0 saturated carbocycles. The third kappa shape index (κ3) is 2.50. The molecule has 0 saturated heterocycles. The number of hydrogen-bond acceptors (Lipinski definition) is 4. The molecule has 0 spiro atoms. The van der Waals surface area contributed by atoms with Gasteiger partial charge in [0.25, 0.3) is 0 Å². The molecule has 20 heavy (non-hydrogen) atoms. The highest BCUT2D eigenvalue weighted by atomic mass is 16.5. The number of allylic oxidation sites excluding steroid dienone is 1. The fourth-order valence-corrected chi connectivity index (χ4v) is 2.36. The van der Waals surface area contributed by atoms with E-state index in [0.717, 1.165) is 16.5 Å². The van der Waals surface area contributed by atoms with E-state index in [2.05, 4.69) is 6.58 Å². The Hall–Kier alpha value is -2.36. The second kappa shape index (κ2) is 5.33. The van der Waals surface area contributed by atoms with Crippen LogP contribution in [0.5, 0.6) is 5.75 Å². The van der Waals surface area contributed by atoms with Crippen LogP contribution in [0.15, 0.2) is 34.0 Å². The predicted octanol–water partition coefficient (Wildman–Crippen LogP) is 3.06. The van der Waals surface area contributed by atoms with Crippen molar-refractivity contribution in [3.63, 3.8) is 0 Å². The van der Waals surface area contributed by atoms with E-state index in [9.17, 15) is 9.59 Å². The molecule has 0 atom stereocenters. The van der Waals surface area contributed by atoms with Crippen molar-refractivity contribution in [2.45, 2.75) is 27.2 Å². The van der Waals surface area contributed by atoms with E-state index in [1.54, 1.807) is 12.1 Å². The van der Waals surface area contributed by atoms with Crippen LogP contribution in [0.3, 0.4) is 0 Å². The highest BCUT2D eigenvalue weighted by molar-refractivity contribution is 5.89. The molecular formula is C16H16O4. The number of benzene rings is 1. The number of rotatable bonds is 3. The van der Waals surface area contributed by atoms with Gasteiger partial charge in [0.1, 0.15) is 11.3 Å². The van der Waals surface area contributed by atoms with E-state index in [4.69, 9.17) is 9.15 Å². The second-order valence-corrected chi connectivity index (χ2v) is 4.71. The van der Waals surface area contributed by atoms with Gasteiger partial charge in [-0.05, 0) is 37.5 Å². The van der Waals surface area contributed by atoms with Crippen LogP contribution in [-0.2, 0) is 11.2 Å². The van der Waals surface area contributed by atoms with E-state index in [1.807, 2.05) is 13.8 Å². The third-order valence-corrected chi connectivity index (χ3v) is 3.07. The van der Waals surface area contributed by atoms with E-state index in [1.165, 1.54) is 13.0 Å². The zero-order valence-electron chi connectivity index (χ0n) is 11.8. The summed E-state index contributed by atoms with van der Waals surface area (Å²) >= 11 is 0. The molecule has 0 fully saturated rings. The van der Waals surface area contributed by atoms with Crippen LogP contribution in [0.1, 0.15) is 23.6 Å². The van der Waals surface area contributed by atoms with Crippen molar-refractivity contribution in [3.8, 4) is 5.75 Å². The maximum absolute atomic E-state index is 11.6. The first-order valence-electron chi connectivity index (χ1n) is 6.30. The van der Waals surface area contributed by atoms with Crippen LogP contribution < -0.4 is 10.4 Å². The molecule has 1 aromatic carbocycles. The molecule has 104 valence electrons. The zero-order chi connectivity index (χ0) is 14.9. The van der Waals surface area contributed by atoms with Crippen molar-refractivity contribution in [2.24, 2.45) is 0 Å². The molecule has 0 aliphatic heterocycles. The summed E-state index contributed by atoms with van der Waals surface area (Å²) in [5.74, 6) is 0.000197. The first-order valence-corrected chi connectivity index (χ1v) is 6.30. The Morgan fingerprint density at radius 1 is 1.35 bits per heavy atom. The summed E-state index contributed by atoms with van der Waals surface area (Å²) in [6.45, 7) is 8.77. The monoisotopic (exact) mass is 272 g/mol. The summed E-state index contributed by atoms with van der Waals surface area (Å²) in [5, 5.41) is 0.873. The molecule has 0 aliphatic rings. The summed E-state index contributed by atoms with van der Waals surface area (Å²) in [6.07, 6.45) is 2.13. The van der Waals surface area contributed by atoms with Crippen LogP contribution in [0.2, 0.25) is 0 Å². The minimum absolute atomic E-state index is 0.413. The van der Waals surface area contributed by atoms with Crippen molar-refractivity contribution in [3.05, 3.63) is 51.9 Å². The molecule has 2 rings (SSSR count). The van der Waals surface area contributed by atoms with Gasteiger partial charge in [0, 0.05) is 23.9 Å². The number of aryl methyl sites for hydroxylation is 2. The maximum atomic E-state index is 11.6. The molecule has 0 radical (unpaired) electrons. The maximum Gasteiger partial charge on any atom is 0.336 e. The Morgan fingerprint density at radius 2 is 2.00 bits per heavy atom. The van der Waals surface area contributed by atoms with Crippen molar-refractivity contribution in [1.29, 1.82) is 0 Å². The average molecular weight is 272 g/mol. The van der Waals surface area contributed by atoms with Gasteiger partial charge in [0.2, 0.25) is 0 Å². The Kier molecular flexibility index (Phi) is 3.74. The smallest absolute Gasteiger partial charge is 0.336 e. The Labute approximate surface area is 116 Å². The van der Waals surface area contributed by atoms with Crippen molar-refractivity contribution in [2.75, 3.05) is 0 Å². The fraction of sp³-hybridized carbons (Fsp3) is 0.250. The second-order valence-electron chi connectivity index (χ2n) is 4.71. The summed E-state index contributed by atoms with van der Waals surface area (Å²) in [7, 11) is 0. The molecule has 0 unspecified atom stereocenters. The number of carbonyl (C=O) groups excluding carboxylic acids is 1. The standard InChI is InChI=1S/C16H16O4/c1-5-6-12-13(19-11(4)17)7-9(2)15-10(3)8-14(18)20-16(12)15/h5,7-8H,1,6H2,2-4H3. The first kappa shape index (κ1) is 14.1. The largest absolute Gasteiger partial charge is 0.426 e. The molecule has 2 aromatic rings. The molecule has 0 amide bonds. The number of fused-ring (bicyclic) bond motifs is 1. The van der Waals surface area contributed by atoms with Crippen LogP contribution in [0.4, 0.5) is 0 Å². The van der Waals surface area contributed by atoms with Gasteiger partial charge < -0.3 is 9.15 Å². The molecule has 0 bridgehead atoms. The van der Waals surface area contributed by atoms with Gasteiger partial charge in [0.05, 0.1) is 0 Å². The van der Waals surface area contributed by atoms with E-state index in [0.29, 0.717) is 23.3 Å². The van der Waals surface area contributed by atoms with Crippen LogP contribution >= 0.6 is 0 Å². The quantitative estimate of drug-likeness (QED) is 0.373. The van der Waals surface area contributed by atoms with Crippen LogP contribution in [0, 0.1) is 13.8 Å². The van der Waals surface area contributed by atoms with Gasteiger partial charge in [-0.3, -0.25) is 4.79 Å². The molecule has 1 heterocycles. The van der Waals surface area contributed by atoms with Gasteiger partial charge in [-0.25, -0.2) is 4.79 Å². The SMILES string of the molecule is C=CCc1c(OC(C)=O)cc(C)c2c(C)cc(=O)oc12. The minimum Gasteiger partial charge on any atom is -0.426 e. The number of hydrogen-bond donors (Lipinski definition) is 0. The first-order chi connectivity index (χ1) is 9.43. The van der Waals surface area contributed by atoms with E-state index in [-0.39, 0.29) is 0 Å². The van der Waals surface area contributed by atoms with E-state index < -0.39 is 11.6 Å². The average Bonchev–Trinajstić information content (AvgIpc) is 2.32. The minimum atomic E-state index is -0.417. The molecule has 4 heteroatoms. The van der Waals surface area contributed by atoms with Gasteiger partial charge in [-0.15, -0.1) is 6.58 Å². The van der Waals surface area contributed by atoms with E-state index >= 15 is 0 Å². The summed E-state index contributed by atoms with van der Waals surface area (Å²) in [6, 6.07) is 3.24. The summed E-state index contributed by atoms with van der Waals surface area (Å²) in [4.78, 5) is 22.8. The lowest BCUT2D eigenvalue weighted by molar-refractivity contribution is -0.131. The Bertz CT molecular complexity index is 753. The Balaban J connectivity index is 2.89. The van der Waals surface area contributed by atoms with Crippen LogP contribution in [0.25, 0.3) is 11.0 Å². The highest BCUT2D eigenvalue weighted by Gasteiger charge is 2.16. The lowest BCUT2D eigenvalue weighted by Crippen LogP contribution is -2.07. The molecular weight excluding hydrogens is 256 g/mol. The summed E-state index contributed by atoms with van der Waals surface area (Å²) < 4.78 is 10.6. The normalized spacial score (nSPS) is 10.6. The highest BCUT2D eigenvalue weighted by Crippen LogP contribution is 2.32. The predicted molar refractivity (Wildman–Crippen MR) is 77.2 cm³/mol. The Morgan fingerprint density at radius 3 is 2.60 bits per heavy atom. The van der Waals surface area contributed by atoms with Gasteiger partial charge in [0.15, 0.2) is 0 Å². The van der Waals surface area contributed by atoms with Crippen molar-refractivity contribution in [1.82, 2.24) is 0 Å². The number of carbonyl (C=O) groups is 1. The zero-order valence-corrected chi connectivity index (χ0v) is 11.8. The van der Waals surface area contributed by atoms with Gasteiger partial charge in [-0.1, -0.05) is 6.08 Å². The van der Waals surface area contributed by atoms with Gasteiger partial charge >= 0.3 is 11.6 Å². The molecule has 0 N–H and O–H groups in total. The van der Waals surface area contributed by atoms with Crippen molar-refractivity contribution < 1.29 is 13.9 Å². The fourth-order valence-electron chi connectivity index (χ4n) is 2.36. The lowest BCUT2D eigenvalue weighted by atomic mass is 9.99. The van der Waals surface area contributed by atoms with Crippen LogP contribution in [-0.4, -0.2) is 5.97 Å².